The molecule has 4 bridgehead atoms. The van der Waals surface area contributed by atoms with Gasteiger partial charge in [0.1, 0.15) is 55.4 Å². The number of benzene rings is 4. The first kappa shape index (κ1) is 46.7. The van der Waals surface area contributed by atoms with Crippen LogP contribution in [0.5, 0.6) is 11.5 Å². The van der Waals surface area contributed by atoms with Crippen molar-refractivity contribution in [1.29, 1.82) is 5.26 Å². The number of carbonyl (C=O) groups is 5. The SMILES string of the molecule is C[C@@H]1NC(=O)[C@@H](N(C)C(=O)[C@H](CCN)NC(=O)c2ccc(-c3ccc4c(c3)CCCC4)cc2)c2ccc(OCCN)c(c2)-c2cc(ccc2OCCN)C[C@@H](C(=O)NCC#N)NC1=O. The lowest BCUT2D eigenvalue weighted by Crippen LogP contribution is -2.56. The van der Waals surface area contributed by atoms with Crippen LogP contribution in [0.15, 0.2) is 78.9 Å². The normalized spacial score (nSPS) is 17.5. The third-order valence-corrected chi connectivity index (χ3v) is 11.4. The lowest BCUT2D eigenvalue weighted by molar-refractivity contribution is -0.141. The monoisotopic (exact) mass is 871 g/mol. The average molecular weight is 872 g/mol. The molecule has 0 spiro atoms. The molecule has 0 fully saturated rings. The van der Waals surface area contributed by atoms with Gasteiger partial charge in [-0.05, 0) is 115 Å². The van der Waals surface area contributed by atoms with Crippen molar-refractivity contribution >= 4 is 29.5 Å². The van der Waals surface area contributed by atoms with Crippen molar-refractivity contribution in [2.75, 3.05) is 46.4 Å². The van der Waals surface area contributed by atoms with E-state index in [2.05, 4.69) is 39.5 Å². The Morgan fingerprint density at radius 3 is 2.14 bits per heavy atom. The number of nitriles is 1. The second-order valence-corrected chi connectivity index (χ2v) is 16.0. The van der Waals surface area contributed by atoms with E-state index in [1.165, 1.54) is 42.8 Å². The molecule has 1 aliphatic carbocycles. The van der Waals surface area contributed by atoms with E-state index in [9.17, 15) is 24.0 Å². The lowest BCUT2D eigenvalue weighted by atomic mass is 9.89. The van der Waals surface area contributed by atoms with Crippen LogP contribution < -0.4 is 47.9 Å². The maximum Gasteiger partial charge on any atom is 0.251 e. The summed E-state index contributed by atoms with van der Waals surface area (Å²) < 4.78 is 12.2. The summed E-state index contributed by atoms with van der Waals surface area (Å²) in [4.78, 5) is 71.2. The highest BCUT2D eigenvalue weighted by molar-refractivity contribution is 5.99. The molecule has 0 saturated carbocycles. The van der Waals surface area contributed by atoms with Crippen molar-refractivity contribution in [2.24, 2.45) is 17.2 Å². The Labute approximate surface area is 373 Å². The molecule has 10 N–H and O–H groups in total. The number of carbonyl (C=O) groups excluding carboxylic acids is 5. The summed E-state index contributed by atoms with van der Waals surface area (Å²) in [5.74, 6) is -2.34. The van der Waals surface area contributed by atoms with Crippen molar-refractivity contribution in [3.05, 3.63) is 107 Å². The van der Waals surface area contributed by atoms with Crippen LogP contribution in [0.4, 0.5) is 0 Å². The Morgan fingerprint density at radius 2 is 1.47 bits per heavy atom. The molecule has 4 aromatic rings. The molecule has 0 saturated heterocycles. The zero-order chi connectivity index (χ0) is 45.8. The van der Waals surface area contributed by atoms with E-state index in [0.29, 0.717) is 39.3 Å². The van der Waals surface area contributed by atoms with Crippen molar-refractivity contribution in [1.82, 2.24) is 26.2 Å². The molecule has 1 aliphatic heterocycles. The predicted octanol–water partition coefficient (Wildman–Crippen LogP) is 2.41. The van der Waals surface area contributed by atoms with Crippen molar-refractivity contribution in [2.45, 2.75) is 69.6 Å². The van der Waals surface area contributed by atoms with Gasteiger partial charge in [0, 0.05) is 43.2 Å². The van der Waals surface area contributed by atoms with Gasteiger partial charge in [-0.3, -0.25) is 24.0 Å². The number of amides is 5. The van der Waals surface area contributed by atoms with Crippen molar-refractivity contribution in [3.8, 4) is 39.8 Å². The largest absolute Gasteiger partial charge is 0.492 e. The van der Waals surface area contributed by atoms with E-state index < -0.39 is 53.7 Å². The number of fused-ring (bicyclic) bond motifs is 6. The van der Waals surface area contributed by atoms with Crippen molar-refractivity contribution < 1.29 is 33.4 Å². The van der Waals surface area contributed by atoms with Crippen LogP contribution in [0.25, 0.3) is 22.3 Å². The summed E-state index contributed by atoms with van der Waals surface area (Å²) >= 11 is 0. The zero-order valence-corrected chi connectivity index (χ0v) is 36.3. The van der Waals surface area contributed by atoms with Crippen LogP contribution in [0.1, 0.15) is 64.8 Å². The van der Waals surface area contributed by atoms with Gasteiger partial charge < -0.3 is 52.8 Å². The molecule has 1 heterocycles. The summed E-state index contributed by atoms with van der Waals surface area (Å²) in [7, 11) is 1.44. The van der Waals surface area contributed by atoms with E-state index >= 15 is 0 Å². The zero-order valence-electron chi connectivity index (χ0n) is 36.3. The van der Waals surface area contributed by atoms with Crippen LogP contribution in [0.3, 0.4) is 0 Å². The number of ether oxygens (including phenoxy) is 2. The van der Waals surface area contributed by atoms with Crippen LogP contribution in [0.2, 0.25) is 0 Å². The maximum atomic E-state index is 14.6. The Morgan fingerprint density at radius 1 is 0.812 bits per heavy atom. The molecule has 16 nitrogen and oxygen atoms in total. The van der Waals surface area contributed by atoms with Gasteiger partial charge in [0.2, 0.25) is 23.6 Å². The number of nitrogens with two attached hydrogens (primary N) is 3. The number of likely N-dealkylation sites (N-methyl/N-ethyl adjacent to an activating group) is 1. The van der Waals surface area contributed by atoms with Gasteiger partial charge in [-0.2, -0.15) is 5.26 Å². The molecular formula is C48H57N9O7. The number of hydrogen-bond acceptors (Lipinski definition) is 11. The number of nitrogens with one attached hydrogen (secondary N) is 4. The number of aryl methyl sites for hydroxylation is 2. The highest BCUT2D eigenvalue weighted by atomic mass is 16.5. The quantitative estimate of drug-likeness (QED) is 0.0854. The van der Waals surface area contributed by atoms with Gasteiger partial charge in [-0.25, -0.2) is 0 Å². The molecule has 16 heteroatoms. The van der Waals surface area contributed by atoms with Crippen molar-refractivity contribution in [3.63, 3.8) is 0 Å². The molecule has 336 valence electrons. The minimum Gasteiger partial charge on any atom is -0.492 e. The number of hydrogen-bond donors (Lipinski definition) is 7. The average Bonchev–Trinajstić information content (AvgIpc) is 3.31. The van der Waals surface area contributed by atoms with Crippen LogP contribution in [-0.4, -0.2) is 99.0 Å². The Kier molecular flexibility index (Phi) is 16.1. The summed E-state index contributed by atoms with van der Waals surface area (Å²) in [6, 6.07) is 20.9. The smallest absolute Gasteiger partial charge is 0.251 e. The van der Waals surface area contributed by atoms with Crippen LogP contribution in [-0.2, 0) is 38.4 Å². The molecule has 4 aromatic carbocycles. The molecule has 64 heavy (non-hydrogen) atoms. The second-order valence-electron chi connectivity index (χ2n) is 16.0. The van der Waals surface area contributed by atoms with Gasteiger partial charge in [0.15, 0.2) is 0 Å². The minimum absolute atomic E-state index is 0.0133. The topological polar surface area (TPSA) is 257 Å². The number of rotatable bonds is 15. The molecule has 0 unspecified atom stereocenters. The fourth-order valence-corrected chi connectivity index (χ4v) is 8.10. The highest BCUT2D eigenvalue weighted by Crippen LogP contribution is 2.40. The summed E-state index contributed by atoms with van der Waals surface area (Å²) in [6.45, 7) is 1.91. The fourth-order valence-electron chi connectivity index (χ4n) is 8.10. The Hall–Kier alpha value is -6.80. The van der Waals surface area contributed by atoms with E-state index in [-0.39, 0.29) is 52.2 Å². The fraction of sp³-hybridized carbons (Fsp3) is 0.375. The van der Waals surface area contributed by atoms with E-state index in [0.717, 1.165) is 24.0 Å². The first-order valence-electron chi connectivity index (χ1n) is 21.6. The molecular weight excluding hydrogens is 815 g/mol. The van der Waals surface area contributed by atoms with Gasteiger partial charge in [0.05, 0.1) is 6.07 Å². The van der Waals surface area contributed by atoms with Crippen LogP contribution in [0, 0.1) is 11.3 Å². The third-order valence-electron chi connectivity index (χ3n) is 11.4. The molecule has 5 amide bonds. The Balaban J connectivity index is 1.36. The van der Waals surface area contributed by atoms with Gasteiger partial charge in [-0.1, -0.05) is 42.5 Å². The number of nitrogens with zero attached hydrogens (tertiary/aromatic N) is 2. The van der Waals surface area contributed by atoms with Crippen LogP contribution >= 0.6 is 0 Å². The van der Waals surface area contributed by atoms with Gasteiger partial charge >= 0.3 is 0 Å². The lowest BCUT2D eigenvalue weighted by Gasteiger charge is -2.32. The summed E-state index contributed by atoms with van der Waals surface area (Å²) in [5, 5.41) is 19.9. The molecule has 4 atom stereocenters. The van der Waals surface area contributed by atoms with Gasteiger partial charge in [0.25, 0.3) is 5.91 Å². The maximum absolute atomic E-state index is 14.6. The second kappa shape index (κ2) is 22.0. The van der Waals surface area contributed by atoms with E-state index in [1.807, 2.05) is 18.2 Å². The molecule has 2 aliphatic rings. The molecule has 0 aromatic heterocycles. The highest BCUT2D eigenvalue weighted by Gasteiger charge is 2.36. The first-order chi connectivity index (χ1) is 31.0. The molecule has 0 radical (unpaired) electrons. The summed E-state index contributed by atoms with van der Waals surface area (Å²) in [5.41, 5.74) is 24.7. The van der Waals surface area contributed by atoms with E-state index in [4.69, 9.17) is 31.9 Å². The van der Waals surface area contributed by atoms with Gasteiger partial charge in [-0.15, -0.1) is 0 Å². The van der Waals surface area contributed by atoms with E-state index in [1.54, 1.807) is 48.5 Å². The first-order valence-corrected chi connectivity index (χ1v) is 21.6. The predicted molar refractivity (Wildman–Crippen MR) is 242 cm³/mol. The molecule has 6 rings (SSSR count). The summed E-state index contributed by atoms with van der Waals surface area (Å²) in [6.07, 6.45) is 4.56. The third kappa shape index (κ3) is 11.2. The minimum atomic E-state index is -1.37. The Bertz CT molecular complexity index is 2380. The standard InChI is InChI=1S/C48H57N9O7/c1-29-44(58)56-40(46(60)53-22-19-50)26-30-7-15-41(63-23-20-51)37(25-30)38-28-36(14-16-42(38)64-24-21-52)43(47(61)54-29)57(2)48(62)39(17-18-49)55-45(59)33-11-8-32(9-12-33)35-13-10-31-5-3-4-6-34(31)27-35/h7-16,25,27-29,39-40,43H,3-6,17-18,20-24,26,49,51-52H2,1-2H3,(H,53,60)(H,54,61)(H,55,59)(H,56,58)/t29-,39-,40-,43-/m0/s1.